The summed E-state index contributed by atoms with van der Waals surface area (Å²) in [5.41, 5.74) is 9.16. The number of hydrogen-bond acceptors (Lipinski definition) is 6. The van der Waals surface area contributed by atoms with E-state index in [1.807, 2.05) is 30.3 Å². The first kappa shape index (κ1) is 22.6. The second kappa shape index (κ2) is 9.52. The Hall–Kier alpha value is -3.55. The SMILES string of the molecule is Cc1cc(C(=O)NCC2CCC(c3cc(C(=O)N(C)C)c4ccccc4n3)CC2)nc(N)n1. The fourth-order valence-corrected chi connectivity index (χ4v) is 4.52. The molecule has 33 heavy (non-hydrogen) atoms. The Labute approximate surface area is 193 Å². The molecule has 8 nitrogen and oxygen atoms in total. The maximum Gasteiger partial charge on any atom is 0.270 e. The van der Waals surface area contributed by atoms with Crippen molar-refractivity contribution in [2.24, 2.45) is 5.92 Å². The standard InChI is InChI=1S/C25H30N6O2/c1-15-12-22(30-25(26)28-15)23(32)27-14-16-8-10-17(11-9-16)21-13-19(24(33)31(2)3)18-6-4-5-7-20(18)29-21/h4-7,12-13,16-17H,8-11,14H2,1-3H3,(H,27,32)(H2,26,28,30). The van der Waals surface area contributed by atoms with Crippen LogP contribution >= 0.6 is 0 Å². The molecule has 0 spiro atoms. The van der Waals surface area contributed by atoms with Gasteiger partial charge in [0, 0.05) is 43.3 Å². The summed E-state index contributed by atoms with van der Waals surface area (Å²) in [6.07, 6.45) is 3.92. The van der Waals surface area contributed by atoms with Gasteiger partial charge in [-0.25, -0.2) is 9.97 Å². The van der Waals surface area contributed by atoms with E-state index in [2.05, 4.69) is 15.3 Å². The van der Waals surface area contributed by atoms with Crippen LogP contribution in [0.3, 0.4) is 0 Å². The van der Waals surface area contributed by atoms with Gasteiger partial charge in [-0.05, 0) is 56.7 Å². The van der Waals surface area contributed by atoms with Gasteiger partial charge < -0.3 is 16.0 Å². The lowest BCUT2D eigenvalue weighted by Crippen LogP contribution is -2.32. The molecule has 0 saturated heterocycles. The highest BCUT2D eigenvalue weighted by Gasteiger charge is 2.26. The van der Waals surface area contributed by atoms with Crippen molar-refractivity contribution in [1.29, 1.82) is 0 Å². The number of hydrogen-bond donors (Lipinski definition) is 2. The lowest BCUT2D eigenvalue weighted by molar-refractivity contribution is 0.0829. The number of nitrogen functional groups attached to an aromatic ring is 1. The zero-order valence-corrected chi connectivity index (χ0v) is 19.3. The van der Waals surface area contributed by atoms with Gasteiger partial charge in [-0.3, -0.25) is 14.6 Å². The van der Waals surface area contributed by atoms with Crippen molar-refractivity contribution >= 4 is 28.7 Å². The molecule has 1 aliphatic carbocycles. The van der Waals surface area contributed by atoms with E-state index < -0.39 is 0 Å². The number of rotatable bonds is 5. The second-order valence-electron chi connectivity index (χ2n) is 8.99. The maximum atomic E-state index is 12.8. The third-order valence-corrected chi connectivity index (χ3v) is 6.29. The quantitative estimate of drug-likeness (QED) is 0.621. The van der Waals surface area contributed by atoms with E-state index in [4.69, 9.17) is 10.7 Å². The van der Waals surface area contributed by atoms with Crippen LogP contribution in [0.2, 0.25) is 0 Å². The minimum atomic E-state index is -0.225. The Morgan fingerprint density at radius 2 is 1.79 bits per heavy atom. The van der Waals surface area contributed by atoms with Crippen LogP contribution < -0.4 is 11.1 Å². The molecule has 172 valence electrons. The maximum absolute atomic E-state index is 12.8. The topological polar surface area (TPSA) is 114 Å². The number of aryl methyl sites for hydroxylation is 1. The van der Waals surface area contributed by atoms with E-state index in [1.54, 1.807) is 32.0 Å². The number of para-hydroxylation sites is 1. The first-order chi connectivity index (χ1) is 15.8. The molecule has 1 aromatic carbocycles. The molecule has 1 fully saturated rings. The molecule has 0 atom stereocenters. The molecule has 0 bridgehead atoms. The van der Waals surface area contributed by atoms with Gasteiger partial charge in [0.15, 0.2) is 0 Å². The Balaban J connectivity index is 1.41. The average Bonchev–Trinajstić information content (AvgIpc) is 2.81. The van der Waals surface area contributed by atoms with Gasteiger partial charge in [0.1, 0.15) is 5.69 Å². The van der Waals surface area contributed by atoms with E-state index in [9.17, 15) is 9.59 Å². The van der Waals surface area contributed by atoms with Crippen molar-refractivity contribution in [2.45, 2.75) is 38.5 Å². The fourth-order valence-electron chi connectivity index (χ4n) is 4.52. The number of fused-ring (bicyclic) bond motifs is 1. The summed E-state index contributed by atoms with van der Waals surface area (Å²) < 4.78 is 0. The first-order valence-electron chi connectivity index (χ1n) is 11.3. The summed E-state index contributed by atoms with van der Waals surface area (Å²) >= 11 is 0. The van der Waals surface area contributed by atoms with E-state index in [-0.39, 0.29) is 17.8 Å². The Bertz CT molecular complexity index is 1160. The molecule has 4 rings (SSSR count). The molecule has 3 N–H and O–H groups in total. The van der Waals surface area contributed by atoms with Gasteiger partial charge in [0.25, 0.3) is 11.8 Å². The smallest absolute Gasteiger partial charge is 0.270 e. The number of carbonyl (C=O) groups is 2. The molecule has 0 radical (unpaired) electrons. The lowest BCUT2D eigenvalue weighted by atomic mass is 9.80. The van der Waals surface area contributed by atoms with Crippen LogP contribution in [-0.2, 0) is 0 Å². The normalized spacial score (nSPS) is 18.2. The molecular formula is C25H30N6O2. The van der Waals surface area contributed by atoms with Crippen molar-refractivity contribution in [3.8, 4) is 0 Å². The first-order valence-corrected chi connectivity index (χ1v) is 11.3. The van der Waals surface area contributed by atoms with Crippen LogP contribution in [0.4, 0.5) is 5.95 Å². The minimum absolute atomic E-state index is 0.00755. The number of pyridine rings is 1. The van der Waals surface area contributed by atoms with Crippen molar-refractivity contribution in [3.05, 3.63) is 59.0 Å². The molecule has 1 saturated carbocycles. The molecule has 8 heteroatoms. The minimum Gasteiger partial charge on any atom is -0.368 e. The molecule has 0 aliphatic heterocycles. The van der Waals surface area contributed by atoms with Gasteiger partial charge in [-0.1, -0.05) is 18.2 Å². The highest BCUT2D eigenvalue weighted by molar-refractivity contribution is 6.06. The lowest BCUT2D eigenvalue weighted by Gasteiger charge is -2.29. The van der Waals surface area contributed by atoms with Gasteiger partial charge >= 0.3 is 0 Å². The van der Waals surface area contributed by atoms with Crippen molar-refractivity contribution < 1.29 is 9.59 Å². The summed E-state index contributed by atoms with van der Waals surface area (Å²) in [6, 6.07) is 11.4. The summed E-state index contributed by atoms with van der Waals surface area (Å²) in [5.74, 6) is 0.577. The number of anilines is 1. The molecule has 2 aromatic heterocycles. The van der Waals surface area contributed by atoms with Gasteiger partial charge in [-0.15, -0.1) is 0 Å². The third-order valence-electron chi connectivity index (χ3n) is 6.29. The Morgan fingerprint density at radius 1 is 1.06 bits per heavy atom. The highest BCUT2D eigenvalue weighted by atomic mass is 16.2. The Morgan fingerprint density at radius 3 is 2.48 bits per heavy atom. The van der Waals surface area contributed by atoms with E-state index in [0.717, 1.165) is 42.3 Å². The van der Waals surface area contributed by atoms with Crippen LogP contribution in [0.15, 0.2) is 36.4 Å². The van der Waals surface area contributed by atoms with Crippen molar-refractivity contribution in [2.75, 3.05) is 26.4 Å². The summed E-state index contributed by atoms with van der Waals surface area (Å²) in [5, 5.41) is 3.87. The van der Waals surface area contributed by atoms with Gasteiger partial charge in [-0.2, -0.15) is 0 Å². The van der Waals surface area contributed by atoms with Crippen LogP contribution in [0, 0.1) is 12.8 Å². The van der Waals surface area contributed by atoms with E-state index in [0.29, 0.717) is 35.3 Å². The number of aromatic nitrogens is 3. The van der Waals surface area contributed by atoms with Crippen LogP contribution in [0.5, 0.6) is 0 Å². The van der Waals surface area contributed by atoms with Crippen LogP contribution in [-0.4, -0.2) is 52.3 Å². The van der Waals surface area contributed by atoms with E-state index in [1.165, 1.54) is 0 Å². The molecule has 0 unspecified atom stereocenters. The summed E-state index contributed by atoms with van der Waals surface area (Å²) in [4.78, 5) is 39.8. The van der Waals surface area contributed by atoms with Crippen molar-refractivity contribution in [3.63, 3.8) is 0 Å². The molecule has 1 aliphatic rings. The number of benzene rings is 1. The number of amides is 2. The third kappa shape index (κ3) is 5.10. The number of nitrogens with two attached hydrogens (primary N) is 1. The van der Waals surface area contributed by atoms with E-state index >= 15 is 0 Å². The molecule has 3 aromatic rings. The summed E-state index contributed by atoms with van der Waals surface area (Å²) in [7, 11) is 3.54. The molecule has 2 amide bonds. The van der Waals surface area contributed by atoms with Crippen LogP contribution in [0.25, 0.3) is 10.9 Å². The summed E-state index contributed by atoms with van der Waals surface area (Å²) in [6.45, 7) is 2.39. The number of nitrogens with zero attached hydrogens (tertiary/aromatic N) is 4. The zero-order valence-electron chi connectivity index (χ0n) is 19.3. The highest BCUT2D eigenvalue weighted by Crippen LogP contribution is 2.36. The fraction of sp³-hybridized carbons (Fsp3) is 0.400. The molecular weight excluding hydrogens is 416 g/mol. The van der Waals surface area contributed by atoms with Crippen LogP contribution in [0.1, 0.15) is 63.8 Å². The predicted octanol–water partition coefficient (Wildman–Crippen LogP) is 3.32. The second-order valence-corrected chi connectivity index (χ2v) is 8.99. The predicted molar refractivity (Wildman–Crippen MR) is 128 cm³/mol. The van der Waals surface area contributed by atoms with Gasteiger partial charge in [0.2, 0.25) is 5.95 Å². The zero-order chi connectivity index (χ0) is 23.5. The number of nitrogens with one attached hydrogen (secondary N) is 1. The van der Waals surface area contributed by atoms with Gasteiger partial charge in [0.05, 0.1) is 11.1 Å². The number of carbonyl (C=O) groups excluding carboxylic acids is 2. The molecule has 2 heterocycles. The monoisotopic (exact) mass is 446 g/mol. The largest absolute Gasteiger partial charge is 0.368 e. The Kier molecular flexibility index (Phi) is 6.53. The van der Waals surface area contributed by atoms with Crippen molar-refractivity contribution in [1.82, 2.24) is 25.2 Å². The average molecular weight is 447 g/mol.